The number of pyridine rings is 1. The van der Waals surface area contributed by atoms with Crippen LogP contribution in [0.15, 0.2) is 16.9 Å². The predicted molar refractivity (Wildman–Crippen MR) is 84.0 cm³/mol. The molecule has 1 aromatic rings. The van der Waals surface area contributed by atoms with Crippen LogP contribution in [0.3, 0.4) is 0 Å². The summed E-state index contributed by atoms with van der Waals surface area (Å²) in [7, 11) is 0. The monoisotopic (exact) mass is 304 g/mol. The Hall–Kier alpha value is -1.62. The zero-order valence-corrected chi connectivity index (χ0v) is 13.1. The number of aromatic amines is 1. The highest BCUT2D eigenvalue weighted by Gasteiger charge is 2.30. The molecule has 2 fully saturated rings. The fourth-order valence-electron chi connectivity index (χ4n) is 3.74. The first-order chi connectivity index (χ1) is 10.6. The van der Waals surface area contributed by atoms with Gasteiger partial charge in [0.2, 0.25) is 5.56 Å². The van der Waals surface area contributed by atoms with Crippen LogP contribution in [0.1, 0.15) is 41.7 Å². The molecule has 1 amide bonds. The molecule has 0 radical (unpaired) electrons. The van der Waals surface area contributed by atoms with Gasteiger partial charge in [-0.25, -0.2) is 0 Å². The van der Waals surface area contributed by atoms with E-state index in [4.69, 9.17) is 4.74 Å². The number of carbonyl (C=O) groups excluding carboxylic acids is 1. The molecule has 1 N–H and O–H groups in total. The molecular formula is C17H24N2O3. The maximum Gasteiger partial charge on any atom is 0.255 e. The number of piperidine rings is 1. The van der Waals surface area contributed by atoms with Gasteiger partial charge in [0, 0.05) is 38.1 Å². The predicted octanol–water partition coefficient (Wildman–Crippen LogP) is 1.96. The minimum atomic E-state index is -0.160. The van der Waals surface area contributed by atoms with Gasteiger partial charge in [-0.2, -0.15) is 0 Å². The minimum Gasteiger partial charge on any atom is -0.381 e. The number of nitrogens with one attached hydrogen (secondary N) is 1. The Balaban J connectivity index is 1.60. The number of likely N-dealkylation sites (tertiary alicyclic amines) is 1. The lowest BCUT2D eigenvalue weighted by Crippen LogP contribution is -2.41. The molecule has 22 heavy (non-hydrogen) atoms. The molecule has 0 bridgehead atoms. The summed E-state index contributed by atoms with van der Waals surface area (Å²) in [6.45, 7) is 5.20. The van der Waals surface area contributed by atoms with E-state index in [0.717, 1.165) is 63.8 Å². The van der Waals surface area contributed by atoms with E-state index < -0.39 is 0 Å². The molecule has 3 heterocycles. The van der Waals surface area contributed by atoms with Crippen LogP contribution in [0.2, 0.25) is 0 Å². The van der Waals surface area contributed by atoms with E-state index in [-0.39, 0.29) is 11.5 Å². The van der Waals surface area contributed by atoms with E-state index in [1.54, 1.807) is 13.0 Å². The van der Waals surface area contributed by atoms with Gasteiger partial charge in [-0.05, 0) is 50.5 Å². The number of carbonyl (C=O) groups is 1. The Morgan fingerprint density at radius 1 is 1.14 bits per heavy atom. The van der Waals surface area contributed by atoms with E-state index in [1.807, 2.05) is 4.90 Å². The first kappa shape index (κ1) is 15.3. The van der Waals surface area contributed by atoms with Crippen molar-refractivity contribution < 1.29 is 9.53 Å². The maximum absolute atomic E-state index is 12.6. The molecule has 0 aromatic carbocycles. The summed E-state index contributed by atoms with van der Waals surface area (Å²) in [6.07, 6.45) is 4.49. The van der Waals surface area contributed by atoms with E-state index >= 15 is 0 Å². The smallest absolute Gasteiger partial charge is 0.255 e. The highest BCUT2D eigenvalue weighted by atomic mass is 16.5. The van der Waals surface area contributed by atoms with Gasteiger partial charge in [-0.1, -0.05) is 0 Å². The topological polar surface area (TPSA) is 62.4 Å². The van der Waals surface area contributed by atoms with Crippen molar-refractivity contribution in [1.29, 1.82) is 0 Å². The van der Waals surface area contributed by atoms with Crippen molar-refractivity contribution >= 4 is 5.91 Å². The molecule has 0 aliphatic carbocycles. The number of aromatic nitrogens is 1. The van der Waals surface area contributed by atoms with Crippen LogP contribution in [-0.4, -0.2) is 42.1 Å². The Morgan fingerprint density at radius 3 is 2.41 bits per heavy atom. The Bertz CT molecular complexity index is 582. The molecule has 5 heteroatoms. The third kappa shape index (κ3) is 3.24. The van der Waals surface area contributed by atoms with E-state index in [9.17, 15) is 9.59 Å². The Labute approximate surface area is 130 Å². The highest BCUT2D eigenvalue weighted by Crippen LogP contribution is 2.32. The second kappa shape index (κ2) is 6.65. The number of ether oxygens (including phenoxy) is 1. The van der Waals surface area contributed by atoms with Crippen molar-refractivity contribution in [1.82, 2.24) is 9.88 Å². The van der Waals surface area contributed by atoms with Crippen molar-refractivity contribution in [2.75, 3.05) is 26.3 Å². The fraction of sp³-hybridized carbons (Fsp3) is 0.647. The Kier molecular flexibility index (Phi) is 4.62. The van der Waals surface area contributed by atoms with Gasteiger partial charge < -0.3 is 14.6 Å². The molecule has 2 aliphatic rings. The summed E-state index contributed by atoms with van der Waals surface area (Å²) in [6, 6.07) is 3.07. The zero-order valence-electron chi connectivity index (χ0n) is 13.1. The molecule has 2 aliphatic heterocycles. The van der Waals surface area contributed by atoms with Crippen molar-refractivity contribution in [3.8, 4) is 0 Å². The second-order valence-corrected chi connectivity index (χ2v) is 6.44. The number of nitrogens with zero attached hydrogens (tertiary/aromatic N) is 1. The van der Waals surface area contributed by atoms with Crippen molar-refractivity contribution in [2.45, 2.75) is 32.6 Å². The first-order valence-corrected chi connectivity index (χ1v) is 8.22. The van der Waals surface area contributed by atoms with Gasteiger partial charge in [0.1, 0.15) is 0 Å². The zero-order chi connectivity index (χ0) is 15.5. The third-order valence-corrected chi connectivity index (χ3v) is 5.11. The average Bonchev–Trinajstić information content (AvgIpc) is 2.55. The molecule has 3 rings (SSSR count). The largest absolute Gasteiger partial charge is 0.381 e. The number of H-pyrrole nitrogens is 1. The third-order valence-electron chi connectivity index (χ3n) is 5.11. The number of hydrogen-bond acceptors (Lipinski definition) is 3. The number of hydrogen-bond donors (Lipinski definition) is 1. The average molecular weight is 304 g/mol. The summed E-state index contributed by atoms with van der Waals surface area (Å²) in [5.74, 6) is 1.53. The lowest BCUT2D eigenvalue weighted by molar-refractivity contribution is 0.0287. The number of amides is 1. The van der Waals surface area contributed by atoms with E-state index in [0.29, 0.717) is 11.3 Å². The molecule has 120 valence electrons. The SMILES string of the molecule is Cc1[nH]c(=O)ccc1C(=O)N1CCC(C2CCOCC2)CC1. The van der Waals surface area contributed by atoms with Crippen LogP contribution >= 0.6 is 0 Å². The molecule has 0 saturated carbocycles. The van der Waals surface area contributed by atoms with Gasteiger partial charge >= 0.3 is 0 Å². The summed E-state index contributed by atoms with van der Waals surface area (Å²) in [4.78, 5) is 28.5. The standard InChI is InChI=1S/C17H24N2O3/c1-12-15(2-3-16(20)18-12)17(21)19-8-4-13(5-9-19)14-6-10-22-11-7-14/h2-3,13-14H,4-11H2,1H3,(H,18,20). The van der Waals surface area contributed by atoms with E-state index in [1.165, 1.54) is 6.07 Å². The molecule has 0 unspecified atom stereocenters. The molecule has 1 aromatic heterocycles. The Morgan fingerprint density at radius 2 is 1.77 bits per heavy atom. The quantitative estimate of drug-likeness (QED) is 0.908. The van der Waals surface area contributed by atoms with Crippen molar-refractivity contribution in [3.63, 3.8) is 0 Å². The molecule has 2 saturated heterocycles. The van der Waals surface area contributed by atoms with Gasteiger partial charge in [0.15, 0.2) is 0 Å². The van der Waals surface area contributed by atoms with Crippen LogP contribution in [0.25, 0.3) is 0 Å². The van der Waals surface area contributed by atoms with Gasteiger partial charge in [0.25, 0.3) is 5.91 Å². The summed E-state index contributed by atoms with van der Waals surface area (Å²) >= 11 is 0. The molecule has 0 spiro atoms. The van der Waals surface area contributed by atoms with Crippen molar-refractivity contribution in [3.05, 3.63) is 33.7 Å². The van der Waals surface area contributed by atoms with Crippen LogP contribution in [0.5, 0.6) is 0 Å². The van der Waals surface area contributed by atoms with Gasteiger partial charge in [-0.15, -0.1) is 0 Å². The van der Waals surface area contributed by atoms with Crippen LogP contribution < -0.4 is 5.56 Å². The lowest BCUT2D eigenvalue weighted by Gasteiger charge is -2.37. The maximum atomic E-state index is 12.6. The number of aryl methyl sites for hydroxylation is 1. The summed E-state index contributed by atoms with van der Waals surface area (Å²) in [5, 5.41) is 0. The summed E-state index contributed by atoms with van der Waals surface area (Å²) < 4.78 is 5.44. The normalized spacial score (nSPS) is 21.0. The fourth-order valence-corrected chi connectivity index (χ4v) is 3.74. The lowest BCUT2D eigenvalue weighted by atomic mass is 9.80. The van der Waals surface area contributed by atoms with Gasteiger partial charge in [0.05, 0.1) is 5.56 Å². The number of rotatable bonds is 2. The first-order valence-electron chi connectivity index (χ1n) is 8.22. The molecule has 5 nitrogen and oxygen atoms in total. The molecule has 0 atom stereocenters. The van der Waals surface area contributed by atoms with Gasteiger partial charge in [-0.3, -0.25) is 9.59 Å². The van der Waals surface area contributed by atoms with Crippen LogP contribution in [0.4, 0.5) is 0 Å². The highest BCUT2D eigenvalue weighted by molar-refractivity contribution is 5.95. The van der Waals surface area contributed by atoms with Crippen LogP contribution in [-0.2, 0) is 4.74 Å². The summed E-state index contributed by atoms with van der Waals surface area (Å²) in [5.41, 5.74) is 1.11. The minimum absolute atomic E-state index is 0.0409. The van der Waals surface area contributed by atoms with Crippen molar-refractivity contribution in [2.24, 2.45) is 11.8 Å². The second-order valence-electron chi connectivity index (χ2n) is 6.44. The van der Waals surface area contributed by atoms with E-state index in [2.05, 4.69) is 4.98 Å². The van der Waals surface area contributed by atoms with Crippen LogP contribution in [0, 0.1) is 18.8 Å². The molecular weight excluding hydrogens is 280 g/mol.